The predicted octanol–water partition coefficient (Wildman–Crippen LogP) is 5.82. The highest BCUT2D eigenvalue weighted by Crippen LogP contribution is 2.48. The van der Waals surface area contributed by atoms with Gasteiger partial charge in [0.05, 0.1) is 16.9 Å². The molecule has 0 saturated carbocycles. The molecule has 1 amide bonds. The van der Waals surface area contributed by atoms with Gasteiger partial charge in [-0.3, -0.25) is 14.5 Å². The van der Waals surface area contributed by atoms with E-state index in [1.54, 1.807) is 34.9 Å². The topological polar surface area (TPSA) is 46.6 Å². The Balaban J connectivity index is 1.88. The van der Waals surface area contributed by atoms with Crippen molar-refractivity contribution in [1.82, 2.24) is 0 Å². The predicted molar refractivity (Wildman–Crippen MR) is 109 cm³/mol. The largest absolute Gasteiger partial charge is 0.426 e. The van der Waals surface area contributed by atoms with Gasteiger partial charge in [0, 0.05) is 21.2 Å². The van der Waals surface area contributed by atoms with E-state index in [-0.39, 0.29) is 11.7 Å². The maximum absolute atomic E-state index is 13.6. The molecule has 0 unspecified atom stereocenters. The summed E-state index contributed by atoms with van der Waals surface area (Å²) in [6.45, 7) is 1.32. The van der Waals surface area contributed by atoms with Crippen LogP contribution >= 0.6 is 27.7 Å². The number of anilines is 2. The van der Waals surface area contributed by atoms with Crippen LogP contribution in [0.4, 0.5) is 11.4 Å². The third kappa shape index (κ3) is 3.38. The lowest BCUT2D eigenvalue weighted by Gasteiger charge is -2.31. The second kappa shape index (κ2) is 7.21. The van der Waals surface area contributed by atoms with Gasteiger partial charge in [-0.05, 0) is 42.5 Å². The van der Waals surface area contributed by atoms with Crippen LogP contribution in [0.5, 0.6) is 5.75 Å². The number of carbonyl (C=O) groups is 2. The van der Waals surface area contributed by atoms with E-state index in [1.807, 2.05) is 48.5 Å². The fourth-order valence-electron chi connectivity index (χ4n) is 2.96. The molecule has 0 atom stereocenters. The minimum absolute atomic E-state index is 0.240. The molecule has 0 fully saturated rings. The molecular formula is C21H14BrNO3S. The number of rotatable bonds is 2. The van der Waals surface area contributed by atoms with Crippen LogP contribution in [0, 0.1) is 0 Å². The number of hydrogen-bond donors (Lipinski definition) is 0. The highest BCUT2D eigenvalue weighted by atomic mass is 79.9. The molecule has 0 spiro atoms. The third-order valence-corrected chi connectivity index (χ3v) is 5.68. The summed E-state index contributed by atoms with van der Waals surface area (Å²) in [4.78, 5) is 28.7. The molecule has 1 heterocycles. The van der Waals surface area contributed by atoms with Crippen molar-refractivity contribution in [3.05, 3.63) is 76.8 Å². The molecule has 0 radical (unpaired) electrons. The number of halogens is 1. The number of carbonyl (C=O) groups excluding carboxylic acids is 2. The van der Waals surface area contributed by atoms with E-state index < -0.39 is 5.97 Å². The summed E-state index contributed by atoms with van der Waals surface area (Å²) >= 11 is 5.03. The zero-order chi connectivity index (χ0) is 19.0. The van der Waals surface area contributed by atoms with Gasteiger partial charge in [-0.1, -0.05) is 52.0 Å². The van der Waals surface area contributed by atoms with Gasteiger partial charge < -0.3 is 4.74 Å². The minimum Gasteiger partial charge on any atom is -0.426 e. The number of ether oxygens (including phenoxy) is 1. The van der Waals surface area contributed by atoms with Gasteiger partial charge in [-0.15, -0.1) is 0 Å². The summed E-state index contributed by atoms with van der Waals surface area (Å²) in [7, 11) is 0. The summed E-state index contributed by atoms with van der Waals surface area (Å²) in [6, 6.07) is 20.6. The average Bonchev–Trinajstić information content (AvgIpc) is 2.66. The summed E-state index contributed by atoms with van der Waals surface area (Å²) in [5.41, 5.74) is 1.93. The van der Waals surface area contributed by atoms with Crippen LogP contribution in [0.15, 0.2) is 81.0 Å². The Labute approximate surface area is 169 Å². The molecule has 134 valence electrons. The number of para-hydroxylation sites is 2. The molecule has 27 heavy (non-hydrogen) atoms. The van der Waals surface area contributed by atoms with Crippen molar-refractivity contribution in [2.45, 2.75) is 16.7 Å². The van der Waals surface area contributed by atoms with E-state index in [0.29, 0.717) is 5.56 Å². The van der Waals surface area contributed by atoms with Gasteiger partial charge in [0.2, 0.25) is 0 Å². The van der Waals surface area contributed by atoms with Gasteiger partial charge in [0.1, 0.15) is 5.75 Å². The lowest BCUT2D eigenvalue weighted by Crippen LogP contribution is -2.29. The molecular weight excluding hydrogens is 426 g/mol. The fraction of sp³-hybridized carbons (Fsp3) is 0.0476. The van der Waals surface area contributed by atoms with Gasteiger partial charge in [-0.25, -0.2) is 0 Å². The van der Waals surface area contributed by atoms with E-state index in [0.717, 1.165) is 25.6 Å². The molecule has 0 saturated heterocycles. The molecule has 0 N–H and O–H groups in total. The molecule has 4 rings (SSSR count). The lowest BCUT2D eigenvalue weighted by molar-refractivity contribution is -0.131. The Morgan fingerprint density at radius 1 is 0.926 bits per heavy atom. The normalized spacial score (nSPS) is 12.1. The molecule has 6 heteroatoms. The number of hydrogen-bond acceptors (Lipinski definition) is 4. The summed E-state index contributed by atoms with van der Waals surface area (Å²) in [6.07, 6.45) is 0. The van der Waals surface area contributed by atoms with E-state index in [9.17, 15) is 9.59 Å². The zero-order valence-electron chi connectivity index (χ0n) is 14.3. The van der Waals surface area contributed by atoms with Crippen molar-refractivity contribution < 1.29 is 14.3 Å². The first kappa shape index (κ1) is 17.8. The quantitative estimate of drug-likeness (QED) is 0.372. The first-order valence-electron chi connectivity index (χ1n) is 8.23. The average molecular weight is 440 g/mol. The zero-order valence-corrected chi connectivity index (χ0v) is 16.7. The van der Waals surface area contributed by atoms with E-state index in [2.05, 4.69) is 15.9 Å². The summed E-state index contributed by atoms with van der Waals surface area (Å²) in [5.74, 6) is -0.488. The van der Waals surface area contributed by atoms with Crippen LogP contribution in [0.25, 0.3) is 0 Å². The SMILES string of the molecule is CC(=O)Oc1ccc(Br)cc1C(=O)N1c2ccccc2Sc2ccccc21. The number of nitrogens with zero attached hydrogens (tertiary/aromatic N) is 1. The Hall–Kier alpha value is -2.57. The van der Waals surface area contributed by atoms with Crippen LogP contribution in [0.2, 0.25) is 0 Å². The molecule has 1 aliphatic rings. The Morgan fingerprint density at radius 2 is 1.52 bits per heavy atom. The fourth-order valence-corrected chi connectivity index (χ4v) is 4.38. The van der Waals surface area contributed by atoms with E-state index in [4.69, 9.17) is 4.74 Å². The van der Waals surface area contributed by atoms with Crippen molar-refractivity contribution in [2.75, 3.05) is 4.90 Å². The summed E-state index contributed by atoms with van der Waals surface area (Å²) in [5, 5.41) is 0. The molecule has 0 aromatic heterocycles. The molecule has 1 aliphatic heterocycles. The second-order valence-electron chi connectivity index (χ2n) is 5.91. The number of amides is 1. The van der Waals surface area contributed by atoms with Crippen molar-refractivity contribution in [3.8, 4) is 5.75 Å². The van der Waals surface area contributed by atoms with E-state index in [1.165, 1.54) is 6.92 Å². The molecule has 4 nitrogen and oxygen atoms in total. The van der Waals surface area contributed by atoms with E-state index >= 15 is 0 Å². The highest BCUT2D eigenvalue weighted by molar-refractivity contribution is 9.10. The second-order valence-corrected chi connectivity index (χ2v) is 7.91. The number of fused-ring (bicyclic) bond motifs is 2. The number of benzene rings is 3. The smallest absolute Gasteiger partial charge is 0.308 e. The van der Waals surface area contributed by atoms with Crippen molar-refractivity contribution >= 4 is 50.9 Å². The van der Waals surface area contributed by atoms with Gasteiger partial charge >= 0.3 is 5.97 Å². The first-order valence-corrected chi connectivity index (χ1v) is 9.84. The third-order valence-electron chi connectivity index (χ3n) is 4.06. The van der Waals surface area contributed by atoms with Crippen molar-refractivity contribution in [1.29, 1.82) is 0 Å². The summed E-state index contributed by atoms with van der Waals surface area (Å²) < 4.78 is 6.01. The lowest BCUT2D eigenvalue weighted by atomic mass is 10.1. The van der Waals surface area contributed by atoms with Gasteiger partial charge in [0.25, 0.3) is 5.91 Å². The minimum atomic E-state index is -0.471. The van der Waals surface area contributed by atoms with Crippen LogP contribution in [0.1, 0.15) is 17.3 Å². The molecule has 0 aliphatic carbocycles. The van der Waals surface area contributed by atoms with Crippen molar-refractivity contribution in [2.24, 2.45) is 0 Å². The standard InChI is InChI=1S/C21H14BrNO3S/c1-13(24)26-18-11-10-14(22)12-15(18)21(25)23-16-6-2-4-8-19(16)27-20-9-5-3-7-17(20)23/h2-12H,1H3. The van der Waals surface area contributed by atoms with Gasteiger partial charge in [-0.2, -0.15) is 0 Å². The Morgan fingerprint density at radius 3 is 2.11 bits per heavy atom. The highest BCUT2D eigenvalue weighted by Gasteiger charge is 2.30. The molecule has 3 aromatic carbocycles. The van der Waals surface area contributed by atoms with Crippen LogP contribution in [-0.2, 0) is 4.79 Å². The monoisotopic (exact) mass is 439 g/mol. The van der Waals surface area contributed by atoms with Crippen LogP contribution in [-0.4, -0.2) is 11.9 Å². The van der Waals surface area contributed by atoms with Crippen LogP contribution in [0.3, 0.4) is 0 Å². The Bertz CT molecular complexity index is 1020. The molecule has 3 aromatic rings. The maximum atomic E-state index is 13.6. The first-order chi connectivity index (χ1) is 13.0. The Kier molecular flexibility index (Phi) is 4.76. The molecule has 0 bridgehead atoms. The maximum Gasteiger partial charge on any atom is 0.308 e. The van der Waals surface area contributed by atoms with Gasteiger partial charge in [0.15, 0.2) is 0 Å². The van der Waals surface area contributed by atoms with Crippen molar-refractivity contribution in [3.63, 3.8) is 0 Å². The van der Waals surface area contributed by atoms with Crippen LogP contribution < -0.4 is 9.64 Å². The number of esters is 1.